The zero-order valence-corrected chi connectivity index (χ0v) is 9.71. The molecule has 4 heteroatoms. The van der Waals surface area contributed by atoms with Crippen LogP contribution in [0.2, 0.25) is 0 Å². The highest BCUT2D eigenvalue weighted by Gasteiger charge is 2.13. The normalized spacial score (nSPS) is 12.8. The van der Waals surface area contributed by atoms with E-state index in [1.807, 2.05) is 24.5 Å². The molecule has 0 fully saturated rings. The largest absolute Gasteiger partial charge is 0.475 e. The van der Waals surface area contributed by atoms with Crippen molar-refractivity contribution >= 4 is 35.2 Å². The zero-order chi connectivity index (χ0) is 12.1. The predicted octanol–water partition coefficient (Wildman–Crippen LogP) is 0.711. The topological polar surface area (TPSA) is 54.4 Å². The summed E-state index contributed by atoms with van der Waals surface area (Å²) in [5.41, 5.74) is 0.757. The molecule has 1 aromatic heterocycles. The average Bonchev–Trinajstić information content (AvgIpc) is 2.61. The number of thiophene rings is 1. The summed E-state index contributed by atoms with van der Waals surface area (Å²) in [6, 6.07) is 0. The first-order valence-corrected chi connectivity index (χ1v) is 5.59. The lowest BCUT2D eigenvalue weighted by molar-refractivity contribution is -0.148. The second kappa shape index (κ2) is 5.42. The molecule has 0 saturated heterocycles. The zero-order valence-electron chi connectivity index (χ0n) is 8.90. The molecule has 1 rings (SSSR count). The molecule has 1 N–H and O–H groups in total. The number of carbonyl (C=O) groups excluding carboxylic acids is 1. The summed E-state index contributed by atoms with van der Waals surface area (Å²) in [5, 5.41) is 11.3. The van der Waals surface area contributed by atoms with Crippen molar-refractivity contribution in [2.45, 2.75) is 13.3 Å². The van der Waals surface area contributed by atoms with E-state index in [4.69, 9.17) is 5.11 Å². The molecule has 0 atom stereocenters. The lowest BCUT2D eigenvalue weighted by Crippen LogP contribution is -2.25. The number of aliphatic carboxylic acids is 1. The molecule has 0 unspecified atom stereocenters. The highest BCUT2D eigenvalue weighted by molar-refractivity contribution is 7.07. The van der Waals surface area contributed by atoms with Crippen LogP contribution in [-0.2, 0) is 16.0 Å². The summed E-state index contributed by atoms with van der Waals surface area (Å²) >= 11 is 1.48. The van der Waals surface area contributed by atoms with Crippen molar-refractivity contribution in [2.24, 2.45) is 0 Å². The predicted molar refractivity (Wildman–Crippen MR) is 64.7 cm³/mol. The Morgan fingerprint density at radius 1 is 1.56 bits per heavy atom. The molecule has 0 aliphatic heterocycles. The highest BCUT2D eigenvalue weighted by Crippen LogP contribution is 1.97. The molecule has 1 aromatic rings. The molecule has 0 aliphatic carbocycles. The van der Waals surface area contributed by atoms with E-state index >= 15 is 0 Å². The first-order chi connectivity index (χ1) is 7.60. The number of hydrogen-bond donors (Lipinski definition) is 1. The molecular weight excluding hydrogens is 224 g/mol. The van der Waals surface area contributed by atoms with E-state index in [0.717, 1.165) is 15.3 Å². The second-order valence-electron chi connectivity index (χ2n) is 3.14. The van der Waals surface area contributed by atoms with E-state index in [1.54, 1.807) is 6.08 Å². The van der Waals surface area contributed by atoms with Crippen LogP contribution in [0, 0.1) is 0 Å². The lowest BCUT2D eigenvalue weighted by Gasteiger charge is -1.92. The summed E-state index contributed by atoms with van der Waals surface area (Å²) < 4.78 is 0.991. The van der Waals surface area contributed by atoms with Gasteiger partial charge in [0, 0.05) is 11.0 Å². The van der Waals surface area contributed by atoms with Crippen LogP contribution in [0.1, 0.15) is 12.5 Å². The number of Topliss-reactive ketones (excluding diaryl/α,β-unsaturated/α-hetero) is 1. The van der Waals surface area contributed by atoms with Crippen molar-refractivity contribution < 1.29 is 14.7 Å². The van der Waals surface area contributed by atoms with Crippen molar-refractivity contribution in [2.75, 3.05) is 0 Å². The number of hydrogen-bond acceptors (Lipinski definition) is 3. The molecule has 84 valence electrons. The first kappa shape index (κ1) is 12.4. The molecule has 0 saturated carbocycles. The maximum absolute atomic E-state index is 11.1. The molecule has 0 amide bonds. The van der Waals surface area contributed by atoms with Crippen molar-refractivity contribution in [3.05, 3.63) is 33.3 Å². The number of carboxylic acids is 1. The molecule has 0 spiro atoms. The number of rotatable bonds is 4. The van der Waals surface area contributed by atoms with Crippen molar-refractivity contribution in [3.8, 4) is 0 Å². The Morgan fingerprint density at radius 3 is 2.75 bits per heavy atom. The third-order valence-electron chi connectivity index (χ3n) is 2.09. The molecule has 16 heavy (non-hydrogen) atoms. The van der Waals surface area contributed by atoms with Gasteiger partial charge in [0.25, 0.3) is 0 Å². The van der Waals surface area contributed by atoms with Crippen LogP contribution in [-0.4, -0.2) is 16.9 Å². The third-order valence-corrected chi connectivity index (χ3v) is 3.10. The van der Waals surface area contributed by atoms with Gasteiger partial charge in [-0.15, -0.1) is 11.3 Å². The van der Waals surface area contributed by atoms with Crippen LogP contribution in [0.5, 0.6) is 0 Å². The summed E-state index contributed by atoms with van der Waals surface area (Å²) in [6.45, 7) is 5.46. The van der Waals surface area contributed by atoms with Gasteiger partial charge in [-0.05, 0) is 29.2 Å². The van der Waals surface area contributed by atoms with Crippen LogP contribution in [0.25, 0.3) is 12.2 Å². The average molecular weight is 236 g/mol. The standard InChI is InChI=1S/C12H12O3S/c1-3-5-11-9(4-2)8(7-16-11)6-10(13)12(14)15/h3-5,7H,1,6H2,2H3,(H,14,15)/b9-4-,11-5+. The van der Waals surface area contributed by atoms with E-state index in [-0.39, 0.29) is 6.42 Å². The van der Waals surface area contributed by atoms with Crippen LogP contribution in [0.15, 0.2) is 18.0 Å². The Kier molecular flexibility index (Phi) is 4.19. The van der Waals surface area contributed by atoms with Crippen LogP contribution in [0.4, 0.5) is 0 Å². The van der Waals surface area contributed by atoms with E-state index in [2.05, 4.69) is 6.58 Å². The van der Waals surface area contributed by atoms with Gasteiger partial charge < -0.3 is 5.11 Å². The fraction of sp³-hybridized carbons (Fsp3) is 0.167. The molecule has 1 heterocycles. The van der Waals surface area contributed by atoms with Crippen LogP contribution in [0.3, 0.4) is 0 Å². The molecular formula is C12H12O3S. The second-order valence-corrected chi connectivity index (χ2v) is 4.05. The van der Waals surface area contributed by atoms with Gasteiger partial charge in [0.15, 0.2) is 0 Å². The van der Waals surface area contributed by atoms with Gasteiger partial charge in [-0.25, -0.2) is 4.79 Å². The lowest BCUT2D eigenvalue weighted by atomic mass is 10.1. The van der Waals surface area contributed by atoms with Gasteiger partial charge in [0.2, 0.25) is 5.78 Å². The monoisotopic (exact) mass is 236 g/mol. The Bertz CT molecular complexity index is 537. The van der Waals surface area contributed by atoms with Gasteiger partial charge >= 0.3 is 5.97 Å². The minimum atomic E-state index is -1.39. The Morgan fingerprint density at radius 2 is 2.25 bits per heavy atom. The van der Waals surface area contributed by atoms with Crippen LogP contribution >= 0.6 is 11.3 Å². The summed E-state index contributed by atoms with van der Waals surface area (Å²) in [6.07, 6.45) is 5.32. The minimum absolute atomic E-state index is 0.0590. The van der Waals surface area contributed by atoms with Gasteiger partial charge in [-0.3, -0.25) is 4.79 Å². The number of ketones is 1. The van der Waals surface area contributed by atoms with Crippen molar-refractivity contribution in [3.63, 3.8) is 0 Å². The van der Waals surface area contributed by atoms with E-state index in [9.17, 15) is 9.59 Å². The maximum atomic E-state index is 11.1. The van der Waals surface area contributed by atoms with Gasteiger partial charge in [-0.1, -0.05) is 18.7 Å². The third kappa shape index (κ3) is 2.67. The Labute approximate surface area is 97.0 Å². The smallest absolute Gasteiger partial charge is 0.372 e. The molecule has 0 radical (unpaired) electrons. The number of allylic oxidation sites excluding steroid dienone is 1. The molecule has 0 aliphatic rings. The molecule has 0 aromatic carbocycles. The quantitative estimate of drug-likeness (QED) is 0.783. The van der Waals surface area contributed by atoms with Gasteiger partial charge in [-0.2, -0.15) is 0 Å². The van der Waals surface area contributed by atoms with Gasteiger partial charge in [0.05, 0.1) is 0 Å². The summed E-state index contributed by atoms with van der Waals surface area (Å²) in [5.74, 6) is -2.17. The number of carboxylic acid groups (broad SMARTS) is 1. The molecule has 0 bridgehead atoms. The minimum Gasteiger partial charge on any atom is -0.475 e. The fourth-order valence-electron chi connectivity index (χ4n) is 1.37. The van der Waals surface area contributed by atoms with E-state index in [0.29, 0.717) is 0 Å². The van der Waals surface area contributed by atoms with Crippen LogP contribution < -0.4 is 9.75 Å². The van der Waals surface area contributed by atoms with Crippen molar-refractivity contribution in [1.82, 2.24) is 0 Å². The number of carbonyl (C=O) groups is 2. The summed E-state index contributed by atoms with van der Waals surface area (Å²) in [7, 11) is 0. The molecule has 3 nitrogen and oxygen atoms in total. The Hall–Kier alpha value is -1.68. The Balaban J connectivity index is 3.18. The maximum Gasteiger partial charge on any atom is 0.372 e. The fourth-order valence-corrected chi connectivity index (χ4v) is 2.40. The summed E-state index contributed by atoms with van der Waals surface area (Å²) in [4.78, 5) is 21.6. The van der Waals surface area contributed by atoms with Crippen molar-refractivity contribution in [1.29, 1.82) is 0 Å². The highest BCUT2D eigenvalue weighted by atomic mass is 32.1. The van der Waals surface area contributed by atoms with Gasteiger partial charge in [0.1, 0.15) is 0 Å². The SMILES string of the molecule is C=C/C=c1/scc(CC(=O)C(=O)O)/c1=C/C. The first-order valence-electron chi connectivity index (χ1n) is 4.71. The van der Waals surface area contributed by atoms with E-state index < -0.39 is 11.8 Å². The van der Waals surface area contributed by atoms with E-state index in [1.165, 1.54) is 11.3 Å².